The van der Waals surface area contributed by atoms with Gasteiger partial charge in [-0.05, 0) is 75.3 Å². The van der Waals surface area contributed by atoms with Gasteiger partial charge in [0, 0.05) is 38.2 Å². The summed E-state index contributed by atoms with van der Waals surface area (Å²) in [6.45, 7) is 0. The maximum absolute atomic E-state index is 5.31. The Morgan fingerprint density at radius 1 is 0.235 bits per heavy atom. The van der Waals surface area contributed by atoms with E-state index in [1.807, 2.05) is 24.3 Å². The highest BCUT2D eigenvalue weighted by atomic mass is 15.2. The molecular weight excluding hydrogens is 827 g/mol. The lowest BCUT2D eigenvalue weighted by molar-refractivity contribution is 0.954. The fourth-order valence-corrected chi connectivity index (χ4v) is 9.93. The highest BCUT2D eigenvalue weighted by Crippen LogP contribution is 2.42. The summed E-state index contributed by atoms with van der Waals surface area (Å²) in [4.78, 5) is 15.7. The molecule has 3 aromatic heterocycles. The Hall–Kier alpha value is -9.19. The number of benzene rings is 10. The predicted molar refractivity (Wildman–Crippen MR) is 281 cm³/mol. The Bertz CT molecular complexity index is 3990. The van der Waals surface area contributed by atoms with Gasteiger partial charge in [0.25, 0.3) is 0 Å². The van der Waals surface area contributed by atoms with E-state index in [2.05, 4.69) is 234 Å². The van der Waals surface area contributed by atoms with Crippen LogP contribution in [-0.2, 0) is 0 Å². The highest BCUT2D eigenvalue weighted by molar-refractivity contribution is 6.19. The molecule has 68 heavy (non-hydrogen) atoms. The van der Waals surface area contributed by atoms with Crippen LogP contribution in [0.4, 0.5) is 0 Å². The van der Waals surface area contributed by atoms with Gasteiger partial charge in [0.15, 0.2) is 11.6 Å². The highest BCUT2D eigenvalue weighted by Gasteiger charge is 2.23. The van der Waals surface area contributed by atoms with Gasteiger partial charge in [0.1, 0.15) is 0 Å². The van der Waals surface area contributed by atoms with Crippen LogP contribution in [-0.4, -0.2) is 24.1 Å². The molecule has 0 radical (unpaired) electrons. The number of fused-ring (bicyclic) bond motifs is 6. The number of nitrogens with zero attached hydrogens (tertiary/aromatic N) is 5. The van der Waals surface area contributed by atoms with Gasteiger partial charge in [-0.3, -0.25) is 4.57 Å². The summed E-state index contributed by atoms with van der Waals surface area (Å²) in [5, 5.41) is 4.53. The summed E-state index contributed by atoms with van der Waals surface area (Å²) in [5.41, 5.74) is 16.6. The van der Waals surface area contributed by atoms with Gasteiger partial charge in [-0.25, -0.2) is 4.98 Å². The van der Waals surface area contributed by atoms with E-state index in [0.717, 1.165) is 93.8 Å². The van der Waals surface area contributed by atoms with E-state index in [4.69, 9.17) is 15.0 Å². The van der Waals surface area contributed by atoms with E-state index in [-0.39, 0.29) is 0 Å². The van der Waals surface area contributed by atoms with E-state index in [9.17, 15) is 0 Å². The van der Waals surface area contributed by atoms with Gasteiger partial charge in [-0.2, -0.15) is 9.97 Å². The molecule has 0 aliphatic heterocycles. The predicted octanol–water partition coefficient (Wildman–Crippen LogP) is 16.1. The summed E-state index contributed by atoms with van der Waals surface area (Å²) in [6, 6.07) is 88.4. The number of hydrogen-bond acceptors (Lipinski definition) is 3. The quantitative estimate of drug-likeness (QED) is 0.153. The zero-order chi connectivity index (χ0) is 45.0. The number of rotatable bonds is 8. The van der Waals surface area contributed by atoms with E-state index >= 15 is 0 Å². The first-order valence-corrected chi connectivity index (χ1v) is 23.0. The summed E-state index contributed by atoms with van der Waals surface area (Å²) in [5.74, 6) is 1.79. The van der Waals surface area contributed by atoms with Gasteiger partial charge in [0.05, 0.1) is 27.8 Å². The summed E-state index contributed by atoms with van der Waals surface area (Å²) < 4.78 is 4.69. The Kier molecular flexibility index (Phi) is 9.43. The molecule has 0 aliphatic carbocycles. The van der Waals surface area contributed by atoms with Crippen LogP contribution in [0, 0.1) is 0 Å². The second-order valence-corrected chi connectivity index (χ2v) is 17.2. The van der Waals surface area contributed by atoms with E-state index < -0.39 is 0 Å². The van der Waals surface area contributed by atoms with Crippen molar-refractivity contribution in [3.63, 3.8) is 0 Å². The van der Waals surface area contributed by atoms with Gasteiger partial charge >= 0.3 is 0 Å². The average Bonchev–Trinajstić information content (AvgIpc) is 3.92. The first kappa shape index (κ1) is 39.2. The molecule has 0 saturated heterocycles. The van der Waals surface area contributed by atoms with Crippen molar-refractivity contribution in [3.05, 3.63) is 249 Å². The van der Waals surface area contributed by atoms with Crippen molar-refractivity contribution in [2.45, 2.75) is 0 Å². The topological polar surface area (TPSA) is 48.5 Å². The Labute approximate surface area is 393 Å². The molecule has 10 aromatic carbocycles. The Balaban J connectivity index is 1.05. The van der Waals surface area contributed by atoms with Gasteiger partial charge in [-0.15, -0.1) is 0 Å². The smallest absolute Gasteiger partial charge is 0.238 e. The number of hydrogen-bond donors (Lipinski definition) is 0. The zero-order valence-corrected chi connectivity index (χ0v) is 36.9. The fourth-order valence-electron chi connectivity index (χ4n) is 9.93. The molecule has 0 atom stereocenters. The van der Waals surface area contributed by atoms with Crippen LogP contribution in [0.1, 0.15) is 0 Å². The first-order chi connectivity index (χ1) is 33.7. The molecule has 13 aromatic rings. The van der Waals surface area contributed by atoms with Crippen LogP contribution in [0.25, 0.3) is 123 Å². The average molecular weight is 868 g/mol. The van der Waals surface area contributed by atoms with Crippen LogP contribution >= 0.6 is 0 Å². The maximum atomic E-state index is 5.31. The molecule has 5 nitrogen and oxygen atoms in total. The molecule has 0 spiro atoms. The normalized spacial score (nSPS) is 11.5. The summed E-state index contributed by atoms with van der Waals surface area (Å²) >= 11 is 0. The van der Waals surface area contributed by atoms with Crippen LogP contribution < -0.4 is 0 Å². The second kappa shape index (κ2) is 16.4. The molecule has 0 unspecified atom stereocenters. The van der Waals surface area contributed by atoms with Crippen LogP contribution in [0.3, 0.4) is 0 Å². The minimum Gasteiger partial charge on any atom is -0.309 e. The largest absolute Gasteiger partial charge is 0.309 e. The molecule has 0 saturated carbocycles. The van der Waals surface area contributed by atoms with E-state index in [1.165, 1.54) is 11.1 Å². The van der Waals surface area contributed by atoms with Crippen molar-refractivity contribution in [1.29, 1.82) is 0 Å². The van der Waals surface area contributed by atoms with Crippen LogP contribution in [0.2, 0.25) is 0 Å². The van der Waals surface area contributed by atoms with Gasteiger partial charge in [0.2, 0.25) is 5.95 Å². The van der Waals surface area contributed by atoms with Crippen molar-refractivity contribution >= 4 is 43.6 Å². The minimum atomic E-state index is 0.562. The molecule has 0 fully saturated rings. The standard InChI is InChI=1S/C63H41N5/c1-5-18-42(19-6-1)44-32-34-47(35-33-44)62-64-61(46-24-11-4-12-25-46)65-63(66-62)68-57-31-16-14-29-53(57)55-40-59-54(41-60(55)68)52-28-13-15-30-56(52)67(59)58-39-50(36-37-51(58)45-22-9-3-10-23-45)49-27-17-26-48(38-49)43-20-7-2-8-21-43/h1-41H. The first-order valence-electron chi connectivity index (χ1n) is 23.0. The van der Waals surface area contributed by atoms with Gasteiger partial charge in [-0.1, -0.05) is 212 Å². The van der Waals surface area contributed by atoms with Crippen molar-refractivity contribution in [1.82, 2.24) is 24.1 Å². The lowest BCUT2D eigenvalue weighted by atomic mass is 9.95. The SMILES string of the molecule is c1ccc(-c2ccc(-c3nc(-c4ccccc4)nc(-n4c5ccccc5c5cc6c(cc54)c4ccccc4n6-c4cc(-c5cccc(-c6ccccc6)c5)ccc4-c4ccccc4)n3)cc2)cc1. The number of para-hydroxylation sites is 2. The third kappa shape index (κ3) is 6.76. The molecule has 0 amide bonds. The second-order valence-electron chi connectivity index (χ2n) is 17.2. The molecular formula is C63H41N5. The van der Waals surface area contributed by atoms with E-state index in [0.29, 0.717) is 17.6 Å². The van der Waals surface area contributed by atoms with Crippen molar-refractivity contribution in [2.24, 2.45) is 0 Å². The van der Waals surface area contributed by atoms with Crippen molar-refractivity contribution in [3.8, 4) is 78.9 Å². The van der Waals surface area contributed by atoms with Crippen LogP contribution in [0.5, 0.6) is 0 Å². The summed E-state index contributed by atoms with van der Waals surface area (Å²) in [7, 11) is 0. The van der Waals surface area contributed by atoms with Crippen molar-refractivity contribution in [2.75, 3.05) is 0 Å². The Morgan fingerprint density at radius 3 is 1.24 bits per heavy atom. The molecule has 0 N–H and O–H groups in total. The van der Waals surface area contributed by atoms with Gasteiger partial charge < -0.3 is 4.57 Å². The Morgan fingerprint density at radius 2 is 0.632 bits per heavy atom. The van der Waals surface area contributed by atoms with Crippen molar-refractivity contribution < 1.29 is 0 Å². The monoisotopic (exact) mass is 867 g/mol. The molecule has 0 bridgehead atoms. The number of aromatic nitrogens is 5. The maximum Gasteiger partial charge on any atom is 0.238 e. The van der Waals surface area contributed by atoms with Crippen LogP contribution in [0.15, 0.2) is 249 Å². The molecule has 13 rings (SSSR count). The van der Waals surface area contributed by atoms with E-state index in [1.54, 1.807) is 0 Å². The molecule has 0 aliphatic rings. The zero-order valence-electron chi connectivity index (χ0n) is 36.9. The lowest BCUT2D eigenvalue weighted by Crippen LogP contribution is -2.06. The fraction of sp³-hybridized carbons (Fsp3) is 0. The lowest BCUT2D eigenvalue weighted by Gasteiger charge is -2.17. The molecule has 5 heteroatoms. The molecule has 318 valence electrons. The third-order valence-corrected chi connectivity index (χ3v) is 13.2. The third-order valence-electron chi connectivity index (χ3n) is 13.2. The summed E-state index contributed by atoms with van der Waals surface area (Å²) in [6.07, 6.45) is 0. The molecule has 3 heterocycles. The minimum absolute atomic E-state index is 0.562.